The molecule has 0 atom stereocenters. The van der Waals surface area contributed by atoms with Crippen molar-refractivity contribution in [2.45, 2.75) is 6.92 Å². The van der Waals surface area contributed by atoms with Gasteiger partial charge in [0.05, 0.1) is 21.4 Å². The molecule has 2 aromatic rings. The highest BCUT2D eigenvalue weighted by molar-refractivity contribution is 7.15. The van der Waals surface area contributed by atoms with Gasteiger partial charge in [-0.1, -0.05) is 6.07 Å². The highest BCUT2D eigenvalue weighted by Crippen LogP contribution is 2.16. The molecule has 1 N–H and O–H groups in total. The molecule has 0 bridgehead atoms. The van der Waals surface area contributed by atoms with Gasteiger partial charge in [-0.15, -0.1) is 11.3 Å². The van der Waals surface area contributed by atoms with Crippen LogP contribution in [0.4, 0.5) is 4.39 Å². The topological polar surface area (TPSA) is 90.8 Å². The van der Waals surface area contributed by atoms with Crippen molar-refractivity contribution in [3.8, 4) is 5.75 Å². The molecule has 8 heteroatoms. The molecular weight excluding hydrogens is 323 g/mol. The predicted octanol–water partition coefficient (Wildman–Crippen LogP) is 1.17. The number of carboxylic acid groups (broad SMARTS) is 1. The molecule has 2 rings (SSSR count). The van der Waals surface area contributed by atoms with Crippen LogP contribution < -0.4 is 15.3 Å². The third-order valence-electron chi connectivity index (χ3n) is 2.68. The van der Waals surface area contributed by atoms with Crippen molar-refractivity contribution in [2.24, 2.45) is 5.10 Å². The molecule has 1 amide bonds. The summed E-state index contributed by atoms with van der Waals surface area (Å²) in [6.45, 7) is 1.30. The summed E-state index contributed by atoms with van der Waals surface area (Å²) in [4.78, 5) is 23.0. The van der Waals surface area contributed by atoms with Crippen molar-refractivity contribution in [3.05, 3.63) is 52.0 Å². The van der Waals surface area contributed by atoms with Crippen LogP contribution in [0.5, 0.6) is 5.75 Å². The zero-order chi connectivity index (χ0) is 16.8. The van der Waals surface area contributed by atoms with Crippen LogP contribution in [0.25, 0.3) is 0 Å². The van der Waals surface area contributed by atoms with Gasteiger partial charge in [-0.25, -0.2) is 9.82 Å². The molecule has 0 spiro atoms. The number of hydrogen-bond acceptors (Lipinski definition) is 6. The van der Waals surface area contributed by atoms with E-state index in [1.54, 1.807) is 13.0 Å². The third kappa shape index (κ3) is 4.89. The van der Waals surface area contributed by atoms with Gasteiger partial charge in [0.2, 0.25) is 0 Å². The van der Waals surface area contributed by atoms with Crippen LogP contribution in [0, 0.1) is 5.82 Å². The number of ether oxygens (including phenoxy) is 1. The van der Waals surface area contributed by atoms with Crippen molar-refractivity contribution in [1.29, 1.82) is 0 Å². The standard InChI is InChI=1S/C15H13FN2O4S/c1-9(12-5-6-13(23-12)15(20)21)17-18-14(19)8-22-11-4-2-3-10(16)7-11/h2-7H,8H2,1H3,(H,18,19)(H,20,21)/p-1/b17-9-. The maximum atomic E-state index is 12.9. The fourth-order valence-corrected chi connectivity index (χ4v) is 2.37. The summed E-state index contributed by atoms with van der Waals surface area (Å²) in [6, 6.07) is 8.40. The van der Waals surface area contributed by atoms with Crippen molar-refractivity contribution in [1.82, 2.24) is 5.43 Å². The Morgan fingerprint density at radius 3 is 2.70 bits per heavy atom. The summed E-state index contributed by atoms with van der Waals surface area (Å²) in [6.07, 6.45) is 0. The van der Waals surface area contributed by atoms with E-state index in [-0.39, 0.29) is 17.2 Å². The van der Waals surface area contributed by atoms with E-state index < -0.39 is 17.7 Å². The number of nitrogens with zero attached hydrogens (tertiary/aromatic N) is 1. The first kappa shape index (κ1) is 16.6. The molecule has 0 radical (unpaired) electrons. The van der Waals surface area contributed by atoms with E-state index in [1.165, 1.54) is 24.3 Å². The average Bonchev–Trinajstić information content (AvgIpc) is 3.01. The fraction of sp³-hybridized carbons (Fsp3) is 0.133. The van der Waals surface area contributed by atoms with E-state index in [0.29, 0.717) is 10.6 Å². The number of nitrogens with one attached hydrogen (secondary N) is 1. The molecule has 0 aliphatic heterocycles. The second-order valence-electron chi connectivity index (χ2n) is 4.43. The van der Waals surface area contributed by atoms with Gasteiger partial charge in [-0.3, -0.25) is 4.79 Å². The monoisotopic (exact) mass is 335 g/mol. The summed E-state index contributed by atoms with van der Waals surface area (Å²) in [5, 5.41) is 14.6. The van der Waals surface area contributed by atoms with Crippen molar-refractivity contribution >= 4 is 28.9 Å². The van der Waals surface area contributed by atoms with E-state index >= 15 is 0 Å². The molecule has 1 aromatic carbocycles. The van der Waals surface area contributed by atoms with Crippen LogP contribution in [0.2, 0.25) is 0 Å². The number of halogens is 1. The number of amides is 1. The SMILES string of the molecule is C/C(=N/NC(=O)COc1cccc(F)c1)c1ccc(C(=O)[O-])s1. The lowest BCUT2D eigenvalue weighted by Gasteiger charge is -2.05. The van der Waals surface area contributed by atoms with Gasteiger partial charge in [-0.05, 0) is 31.2 Å². The van der Waals surface area contributed by atoms with E-state index in [9.17, 15) is 19.1 Å². The Kier molecular flexibility index (Phi) is 5.42. The van der Waals surface area contributed by atoms with Crippen LogP contribution in [0.15, 0.2) is 41.5 Å². The van der Waals surface area contributed by atoms with Crippen LogP contribution in [-0.2, 0) is 4.79 Å². The van der Waals surface area contributed by atoms with E-state index in [0.717, 1.165) is 17.4 Å². The Labute approximate surface area is 135 Å². The molecule has 0 unspecified atom stereocenters. The van der Waals surface area contributed by atoms with Crippen molar-refractivity contribution < 1.29 is 23.8 Å². The van der Waals surface area contributed by atoms with Crippen LogP contribution in [-0.4, -0.2) is 24.2 Å². The lowest BCUT2D eigenvalue weighted by molar-refractivity contribution is -0.254. The number of carbonyl (C=O) groups is 2. The van der Waals surface area contributed by atoms with Crippen LogP contribution in [0.3, 0.4) is 0 Å². The molecule has 1 heterocycles. The number of aromatic carboxylic acids is 1. The van der Waals surface area contributed by atoms with Gasteiger partial charge in [-0.2, -0.15) is 5.10 Å². The first-order chi connectivity index (χ1) is 11.0. The number of carbonyl (C=O) groups excluding carboxylic acids is 2. The number of benzene rings is 1. The molecule has 1 aromatic heterocycles. The molecule has 23 heavy (non-hydrogen) atoms. The zero-order valence-corrected chi connectivity index (χ0v) is 12.9. The fourth-order valence-electron chi connectivity index (χ4n) is 1.58. The second-order valence-corrected chi connectivity index (χ2v) is 5.51. The molecule has 120 valence electrons. The molecule has 0 fully saturated rings. The third-order valence-corrected chi connectivity index (χ3v) is 3.85. The normalized spacial score (nSPS) is 11.1. The Balaban J connectivity index is 1.88. The first-order valence-corrected chi connectivity index (χ1v) is 7.30. The minimum absolute atomic E-state index is 0.0790. The zero-order valence-electron chi connectivity index (χ0n) is 12.0. The summed E-state index contributed by atoms with van der Waals surface area (Å²) in [5.74, 6) is -2.01. The summed E-state index contributed by atoms with van der Waals surface area (Å²) >= 11 is 0.996. The predicted molar refractivity (Wildman–Crippen MR) is 80.9 cm³/mol. The Hall–Kier alpha value is -2.74. The Morgan fingerprint density at radius 1 is 1.30 bits per heavy atom. The lowest BCUT2D eigenvalue weighted by Crippen LogP contribution is -2.25. The summed E-state index contributed by atoms with van der Waals surface area (Å²) in [5.41, 5.74) is 2.72. The van der Waals surface area contributed by atoms with Gasteiger partial charge in [0.15, 0.2) is 6.61 Å². The molecule has 0 aliphatic rings. The largest absolute Gasteiger partial charge is 0.544 e. The van der Waals surface area contributed by atoms with E-state index in [4.69, 9.17) is 4.74 Å². The maximum Gasteiger partial charge on any atom is 0.277 e. The Bertz CT molecular complexity index is 757. The number of rotatable bonds is 6. The second kappa shape index (κ2) is 7.50. The van der Waals surface area contributed by atoms with Crippen LogP contribution >= 0.6 is 11.3 Å². The lowest BCUT2D eigenvalue weighted by atomic mass is 10.3. The van der Waals surface area contributed by atoms with E-state index in [2.05, 4.69) is 10.5 Å². The first-order valence-electron chi connectivity index (χ1n) is 6.49. The molecule has 0 saturated carbocycles. The van der Waals surface area contributed by atoms with Gasteiger partial charge < -0.3 is 14.6 Å². The number of carboxylic acids is 1. The molecule has 0 aliphatic carbocycles. The Morgan fingerprint density at radius 2 is 2.04 bits per heavy atom. The number of hydrogen-bond donors (Lipinski definition) is 1. The van der Waals surface area contributed by atoms with E-state index in [1.807, 2.05) is 0 Å². The molecule has 6 nitrogen and oxygen atoms in total. The van der Waals surface area contributed by atoms with Gasteiger partial charge in [0.25, 0.3) is 5.91 Å². The quantitative estimate of drug-likeness (QED) is 0.634. The average molecular weight is 335 g/mol. The smallest absolute Gasteiger partial charge is 0.277 e. The highest BCUT2D eigenvalue weighted by Gasteiger charge is 2.06. The molecular formula is C15H12FN2O4S-. The minimum Gasteiger partial charge on any atom is -0.544 e. The van der Waals surface area contributed by atoms with Crippen molar-refractivity contribution in [2.75, 3.05) is 6.61 Å². The van der Waals surface area contributed by atoms with Gasteiger partial charge in [0.1, 0.15) is 11.6 Å². The highest BCUT2D eigenvalue weighted by atomic mass is 32.1. The van der Waals surface area contributed by atoms with Crippen molar-refractivity contribution in [3.63, 3.8) is 0 Å². The summed E-state index contributed by atoms with van der Waals surface area (Å²) in [7, 11) is 0. The maximum absolute atomic E-state index is 12.9. The number of thiophene rings is 1. The summed E-state index contributed by atoms with van der Waals surface area (Å²) < 4.78 is 18.1. The number of hydrazone groups is 1. The van der Waals surface area contributed by atoms with Gasteiger partial charge >= 0.3 is 0 Å². The van der Waals surface area contributed by atoms with Crippen LogP contribution in [0.1, 0.15) is 21.5 Å². The molecule has 0 saturated heterocycles. The minimum atomic E-state index is -1.26. The van der Waals surface area contributed by atoms with Gasteiger partial charge in [0, 0.05) is 6.07 Å².